The van der Waals surface area contributed by atoms with Crippen LogP contribution in [0.2, 0.25) is 0 Å². The summed E-state index contributed by atoms with van der Waals surface area (Å²) in [6, 6.07) is 6.32. The minimum absolute atomic E-state index is 0.00780. The van der Waals surface area contributed by atoms with Crippen molar-refractivity contribution in [1.82, 2.24) is 34.6 Å². The van der Waals surface area contributed by atoms with Crippen LogP contribution in [0.3, 0.4) is 0 Å². The predicted octanol–water partition coefficient (Wildman–Crippen LogP) is 16.3. The molecule has 0 radical (unpaired) electrons. The summed E-state index contributed by atoms with van der Waals surface area (Å²) in [7, 11) is 7.72. The minimum Gasteiger partial charge on any atom is -0.467 e. The molecule has 0 bridgehead atoms. The number of methoxy groups -OCH3 is 3. The zero-order chi connectivity index (χ0) is 105. The molecule has 0 spiro atoms. The first-order valence-corrected chi connectivity index (χ1v) is 45.0. The summed E-state index contributed by atoms with van der Waals surface area (Å²) in [6.45, 7) is 9.02. The van der Waals surface area contributed by atoms with Gasteiger partial charge >= 0.3 is 48.8 Å². The molecular weight excluding hydrogens is 1910 g/mol. The fourth-order valence-corrected chi connectivity index (χ4v) is 18.8. The molecule has 4 N–H and O–H groups in total. The van der Waals surface area contributed by atoms with E-state index in [-0.39, 0.29) is 102 Å². The molecule has 43 heteroatoms. The Bertz CT molecular complexity index is 6530. The highest BCUT2D eigenvalue weighted by molar-refractivity contribution is 6.00. The van der Waals surface area contributed by atoms with Gasteiger partial charge in [-0.25, -0.2) is 36.9 Å². The van der Waals surface area contributed by atoms with E-state index in [1.165, 1.54) is 92.2 Å². The molecule has 24 nitrogen and oxygen atoms in total. The van der Waals surface area contributed by atoms with Crippen molar-refractivity contribution in [3.63, 3.8) is 0 Å². The number of hydrogen-bond donors (Lipinski definition) is 4. The maximum absolute atomic E-state index is 15.5. The third kappa shape index (κ3) is 23.0. The first-order chi connectivity index (χ1) is 66.5. The molecule has 3 aliphatic carbocycles. The largest absolute Gasteiger partial charge is 0.467 e. The van der Waals surface area contributed by atoms with Crippen LogP contribution in [0.4, 0.5) is 100 Å². The molecule has 3 amide bonds. The van der Waals surface area contributed by atoms with Gasteiger partial charge in [0.2, 0.25) is 0 Å². The van der Waals surface area contributed by atoms with Gasteiger partial charge in [0.1, 0.15) is 70.8 Å². The molecule has 6 aromatic carbocycles. The van der Waals surface area contributed by atoms with Crippen LogP contribution in [0.5, 0.6) is 0 Å². The lowest BCUT2D eigenvalue weighted by Gasteiger charge is -2.38. The number of aryl methyl sites for hydroxylation is 5. The minimum atomic E-state index is -4.83. The summed E-state index contributed by atoms with van der Waals surface area (Å²) in [5, 5.41) is 9.23. The van der Waals surface area contributed by atoms with E-state index in [2.05, 4.69) is 20.9 Å². The highest BCUT2D eigenvalue weighted by Crippen LogP contribution is 2.45. The number of fused-ring (bicyclic) bond motifs is 3. The number of nitrogens with zero attached hydrogens (tertiary/aromatic N) is 6. The molecule has 2 fully saturated rings. The Kier molecular flexibility index (Phi) is 32.6. The third-order valence-corrected chi connectivity index (χ3v) is 26.4. The van der Waals surface area contributed by atoms with Gasteiger partial charge in [-0.05, 0) is 227 Å². The fraction of sp³-hybridized carbons (Fsp3) is 0.434. The number of anilines is 3. The molecule has 14 rings (SSSR count). The van der Waals surface area contributed by atoms with Crippen molar-refractivity contribution in [3.05, 3.63) is 251 Å². The Hall–Kier alpha value is -13.1. The van der Waals surface area contributed by atoms with Gasteiger partial charge in [0.25, 0.3) is 34.4 Å². The number of pyridine rings is 2. The second-order valence-electron chi connectivity index (χ2n) is 35.2. The quantitative estimate of drug-likeness (QED) is 0.0263. The number of benzene rings is 6. The topological polar surface area (TPSA) is 282 Å². The smallest absolute Gasteiger partial charge is 0.417 e. The molecule has 5 aliphatic rings. The number of hydrogen-bond acceptors (Lipinski definition) is 18. The van der Waals surface area contributed by atoms with E-state index in [0.29, 0.717) is 103 Å². The first kappa shape index (κ1) is 108. The molecule has 9 aromatic rings. The van der Waals surface area contributed by atoms with Gasteiger partial charge in [0.05, 0.1) is 86.8 Å². The third-order valence-electron chi connectivity index (χ3n) is 26.4. The van der Waals surface area contributed by atoms with Crippen molar-refractivity contribution in [2.24, 2.45) is 21.1 Å². The highest BCUT2D eigenvalue weighted by atomic mass is 19.4. The molecule has 142 heavy (non-hydrogen) atoms. The molecule has 3 aromatic heterocycles. The van der Waals surface area contributed by atoms with Crippen LogP contribution in [0.1, 0.15) is 159 Å². The Labute approximate surface area is 800 Å². The van der Waals surface area contributed by atoms with Gasteiger partial charge < -0.3 is 68.5 Å². The molecule has 764 valence electrons. The van der Waals surface area contributed by atoms with E-state index in [1.807, 2.05) is 19.2 Å². The van der Waals surface area contributed by atoms with Crippen LogP contribution in [0.15, 0.2) is 99.3 Å². The van der Waals surface area contributed by atoms with Crippen LogP contribution in [0.25, 0.3) is 33.5 Å². The molecule has 5 heterocycles. The van der Waals surface area contributed by atoms with E-state index in [4.69, 9.17) is 23.7 Å². The molecule has 6 atom stereocenters. The Morgan fingerprint density at radius 1 is 0.444 bits per heavy atom. The van der Waals surface area contributed by atoms with Gasteiger partial charge in [0.15, 0.2) is 0 Å². The van der Waals surface area contributed by atoms with Crippen LogP contribution in [0, 0.1) is 64.8 Å². The standard InChI is InChI=1S/C34H34F7N3O5.C33H36F4N4O5.C32H31F8N3O4/c1-17-12-20(44-10-11-49-16-27(44)34(39,40)41)15-25(35)28(17)30(45)42-26(32(47)48-4)14-19-8-9-23(22-7-5-6-21(19)22)29-24(33(36,37)38)13-18(2)43(3)31(29)46;1-17-13-21(41-11-12-46-16-27(41)33(35,36)37)15-25(34)28(17)30(42)39-26(32(44)45-5)14-20-9-10-24(23-8-6-7-22(20)23)29-31(43)40(4)19(3)18(2)38-29;1-5-25(32(38,39)40)41-17-13-22(33)27(23(34)14-17)28(44)42-24(30(46)47-4)12-16-9-10-20(19-8-6-7-18(16)19)26-21(31(35,36)37)11-15(2)43(3)29(26)45/h8-9,12-13,15,26-27H,5-7,10-11,14,16H2,1-4H3,(H,42,45);9-10,13,15,26-27H,6-8,11-12,14,16H2,1-5H3,(H,39,42);9-11,13-14,24-25,41H,5-8,12H2,1-4H3,(H,42,44)/t2*26-,27+;24-,25+/m000/s1. The average molecular weight is 2020 g/mol. The van der Waals surface area contributed by atoms with Crippen LogP contribution in [-0.4, -0.2) is 170 Å². The second kappa shape index (κ2) is 43.0. The van der Waals surface area contributed by atoms with Crippen molar-refractivity contribution in [2.45, 2.75) is 199 Å². The lowest BCUT2D eigenvalue weighted by Crippen LogP contribution is -2.53. The van der Waals surface area contributed by atoms with Crippen molar-refractivity contribution >= 4 is 52.7 Å². The van der Waals surface area contributed by atoms with Gasteiger partial charge in [-0.1, -0.05) is 43.3 Å². The molecule has 2 aliphatic heterocycles. The number of ether oxygens (including phenoxy) is 5. The number of halogens is 19. The maximum atomic E-state index is 15.5. The number of aromatic nitrogens is 4. The lowest BCUT2D eigenvalue weighted by atomic mass is 9.89. The van der Waals surface area contributed by atoms with Crippen molar-refractivity contribution in [1.29, 1.82) is 0 Å². The number of morpholine rings is 2. The first-order valence-electron chi connectivity index (χ1n) is 45.0. The number of carbonyl (C=O) groups excluding carboxylic acids is 6. The lowest BCUT2D eigenvalue weighted by molar-refractivity contribution is -0.167. The SMILES string of the molecule is CC[C@@H](Nc1cc(F)c(C(=O)N[C@@H](Cc2ccc(-c3c(C(F)(F)F)cc(C)n(C)c3=O)c3c2CCC3)C(=O)OC)c(F)c1)C(F)(F)F.COC(=O)[C@H](Cc1ccc(-c2c(C(F)(F)F)cc(C)n(C)c2=O)c2c1CCC2)NC(=O)c1c(C)cc(N2CCOC[C@@H]2C(F)(F)F)cc1F.COC(=O)[C@H](Cc1ccc(-c2nc(C)c(C)n(C)c2=O)c2c1CCC2)NC(=O)c1c(C)cc(N2CCOC[C@@H]2C(F)(F)F)cc1F. The number of alkyl halides is 15. The van der Waals surface area contributed by atoms with Crippen LogP contribution in [-0.2, 0) is 129 Å². The van der Waals surface area contributed by atoms with Crippen LogP contribution < -0.4 is 47.7 Å². The number of rotatable bonds is 23. The van der Waals surface area contributed by atoms with E-state index >= 15 is 8.78 Å². The molecule has 0 unspecified atom stereocenters. The van der Waals surface area contributed by atoms with E-state index in [0.717, 1.165) is 97.5 Å². The van der Waals surface area contributed by atoms with Gasteiger partial charge in [0, 0.05) is 93.2 Å². The van der Waals surface area contributed by atoms with Crippen molar-refractivity contribution < 1.29 is 136 Å². The number of amides is 3. The van der Waals surface area contributed by atoms with E-state index in [1.54, 1.807) is 23.7 Å². The molecular formula is C99H101F19N10O14. The summed E-state index contributed by atoms with van der Waals surface area (Å²) in [4.78, 5) is 124. The number of esters is 3. The summed E-state index contributed by atoms with van der Waals surface area (Å²) in [5.74, 6) is -11.0. The molecule has 2 saturated heterocycles. The zero-order valence-electron chi connectivity index (χ0n) is 79.1. The normalized spacial score (nSPS) is 16.2. The Morgan fingerprint density at radius 3 is 1.11 bits per heavy atom. The summed E-state index contributed by atoms with van der Waals surface area (Å²) >= 11 is 0. The van der Waals surface area contributed by atoms with E-state index in [9.17, 15) is 118 Å². The molecule has 0 saturated carbocycles. The summed E-state index contributed by atoms with van der Waals surface area (Å²) in [6.07, 6.45) is -19.6. The van der Waals surface area contributed by atoms with Gasteiger partial charge in [-0.2, -0.15) is 65.9 Å². The highest BCUT2D eigenvalue weighted by Gasteiger charge is 2.49. The van der Waals surface area contributed by atoms with Crippen molar-refractivity contribution in [2.75, 3.05) is 76.0 Å². The predicted molar refractivity (Wildman–Crippen MR) is 484 cm³/mol. The second-order valence-corrected chi connectivity index (χ2v) is 35.2. The Balaban J connectivity index is 0.000000190. The average Bonchev–Trinajstić information content (AvgIpc) is 1.60. The Morgan fingerprint density at radius 2 is 0.782 bits per heavy atom. The zero-order valence-corrected chi connectivity index (χ0v) is 79.1. The van der Waals surface area contributed by atoms with Crippen LogP contribution >= 0.6 is 0 Å². The summed E-state index contributed by atoms with van der Waals surface area (Å²) in [5.41, 5.74) is 1.31. The van der Waals surface area contributed by atoms with E-state index < -0.39 is 196 Å². The number of nitrogens with one attached hydrogen (secondary N) is 4. The van der Waals surface area contributed by atoms with Crippen molar-refractivity contribution in [3.8, 4) is 33.5 Å². The summed E-state index contributed by atoms with van der Waals surface area (Å²) < 4.78 is 295. The number of carbonyl (C=O) groups is 6. The van der Waals surface area contributed by atoms with Gasteiger partial charge in [-0.15, -0.1) is 0 Å². The maximum Gasteiger partial charge on any atom is 0.417 e. The van der Waals surface area contributed by atoms with Gasteiger partial charge in [-0.3, -0.25) is 28.8 Å². The fourth-order valence-electron chi connectivity index (χ4n) is 18.8. The monoisotopic (exact) mass is 2010 g/mol.